The fourth-order valence-corrected chi connectivity index (χ4v) is 3.68. The summed E-state index contributed by atoms with van der Waals surface area (Å²) < 4.78 is 2.14. The molecule has 0 aromatic carbocycles. The Hall–Kier alpha value is -1.36. The summed E-state index contributed by atoms with van der Waals surface area (Å²) in [5.41, 5.74) is 1.09. The smallest absolute Gasteiger partial charge is 0.237 e. The SMILES string of the molecule is CC(C)[C@H]1C(=O)NCCN1Cc1ccn(C2CCCC2)n1. The highest BCUT2D eigenvalue weighted by molar-refractivity contribution is 5.82. The average molecular weight is 290 g/mol. The molecule has 1 amide bonds. The van der Waals surface area contributed by atoms with Crippen LogP contribution in [0.4, 0.5) is 0 Å². The minimum atomic E-state index is -0.0321. The maximum atomic E-state index is 12.1. The van der Waals surface area contributed by atoms with Crippen LogP contribution in [0.2, 0.25) is 0 Å². The van der Waals surface area contributed by atoms with Crippen LogP contribution in [0, 0.1) is 5.92 Å². The molecule has 0 radical (unpaired) electrons. The Morgan fingerprint density at radius 3 is 2.86 bits per heavy atom. The molecule has 3 rings (SSSR count). The molecular formula is C16H26N4O. The molecule has 5 nitrogen and oxygen atoms in total. The number of rotatable bonds is 4. The van der Waals surface area contributed by atoms with Gasteiger partial charge >= 0.3 is 0 Å². The fraction of sp³-hybridized carbons (Fsp3) is 0.750. The Bertz CT molecular complexity index is 490. The van der Waals surface area contributed by atoms with Crippen LogP contribution in [0.1, 0.15) is 51.3 Å². The van der Waals surface area contributed by atoms with Crippen LogP contribution < -0.4 is 5.32 Å². The summed E-state index contributed by atoms with van der Waals surface area (Å²) in [7, 11) is 0. The number of piperazine rings is 1. The summed E-state index contributed by atoms with van der Waals surface area (Å²) in [4.78, 5) is 14.3. The number of carbonyl (C=O) groups excluding carboxylic acids is 1. The molecule has 2 heterocycles. The number of aromatic nitrogens is 2. The third-order valence-electron chi connectivity index (χ3n) is 4.72. The van der Waals surface area contributed by atoms with Gasteiger partial charge in [-0.3, -0.25) is 14.4 Å². The standard InChI is InChI=1S/C16H26N4O/c1-12(2)15-16(21)17-8-10-19(15)11-13-7-9-20(18-13)14-5-3-4-6-14/h7,9,12,14-15H,3-6,8,10-11H2,1-2H3,(H,17,21)/t15-/m0/s1. The van der Waals surface area contributed by atoms with E-state index >= 15 is 0 Å². The Morgan fingerprint density at radius 2 is 2.14 bits per heavy atom. The van der Waals surface area contributed by atoms with Gasteiger partial charge in [0.1, 0.15) is 0 Å². The summed E-state index contributed by atoms with van der Waals surface area (Å²) in [6.45, 7) is 6.64. The topological polar surface area (TPSA) is 50.2 Å². The van der Waals surface area contributed by atoms with Crippen LogP contribution in [0.3, 0.4) is 0 Å². The van der Waals surface area contributed by atoms with Gasteiger partial charge in [0.2, 0.25) is 5.91 Å². The summed E-state index contributed by atoms with van der Waals surface area (Å²) in [5, 5.41) is 7.72. The van der Waals surface area contributed by atoms with E-state index in [1.165, 1.54) is 25.7 Å². The van der Waals surface area contributed by atoms with Crippen molar-refractivity contribution in [2.75, 3.05) is 13.1 Å². The fourth-order valence-electron chi connectivity index (χ4n) is 3.68. The van der Waals surface area contributed by atoms with E-state index in [0.717, 1.165) is 25.3 Å². The lowest BCUT2D eigenvalue weighted by Crippen LogP contribution is -2.56. The van der Waals surface area contributed by atoms with Crippen LogP contribution in [0.25, 0.3) is 0 Å². The number of nitrogens with one attached hydrogen (secondary N) is 1. The Morgan fingerprint density at radius 1 is 1.38 bits per heavy atom. The van der Waals surface area contributed by atoms with E-state index in [9.17, 15) is 4.79 Å². The lowest BCUT2D eigenvalue weighted by molar-refractivity contribution is -0.131. The molecule has 116 valence electrons. The molecule has 21 heavy (non-hydrogen) atoms. The highest BCUT2D eigenvalue weighted by atomic mass is 16.2. The predicted molar refractivity (Wildman–Crippen MR) is 81.8 cm³/mol. The van der Waals surface area contributed by atoms with Gasteiger partial charge in [-0.05, 0) is 24.8 Å². The largest absolute Gasteiger partial charge is 0.353 e. The molecular weight excluding hydrogens is 264 g/mol. The second-order valence-corrected chi connectivity index (χ2v) is 6.68. The van der Waals surface area contributed by atoms with Gasteiger partial charge in [-0.15, -0.1) is 0 Å². The van der Waals surface area contributed by atoms with Crippen LogP contribution in [-0.2, 0) is 11.3 Å². The van der Waals surface area contributed by atoms with Crippen molar-refractivity contribution in [1.82, 2.24) is 20.0 Å². The third-order valence-corrected chi connectivity index (χ3v) is 4.72. The summed E-state index contributed by atoms with van der Waals surface area (Å²) in [6, 6.07) is 2.67. The number of hydrogen-bond acceptors (Lipinski definition) is 3. The molecule has 1 aromatic rings. The van der Waals surface area contributed by atoms with Crippen LogP contribution in [0.15, 0.2) is 12.3 Å². The first kappa shape index (κ1) is 14.6. The van der Waals surface area contributed by atoms with Gasteiger partial charge in [0.25, 0.3) is 0 Å². The van der Waals surface area contributed by atoms with E-state index in [4.69, 9.17) is 5.10 Å². The number of carbonyl (C=O) groups is 1. The van der Waals surface area contributed by atoms with Crippen molar-refractivity contribution >= 4 is 5.91 Å². The Balaban J connectivity index is 1.68. The van der Waals surface area contributed by atoms with Gasteiger partial charge in [-0.1, -0.05) is 26.7 Å². The zero-order valence-electron chi connectivity index (χ0n) is 13.1. The maximum Gasteiger partial charge on any atom is 0.237 e. The molecule has 1 N–H and O–H groups in total. The zero-order valence-corrected chi connectivity index (χ0v) is 13.1. The second kappa shape index (κ2) is 6.18. The van der Waals surface area contributed by atoms with Gasteiger partial charge in [-0.25, -0.2) is 0 Å². The van der Waals surface area contributed by atoms with Crippen molar-refractivity contribution in [3.8, 4) is 0 Å². The van der Waals surface area contributed by atoms with Crippen molar-refractivity contribution in [2.45, 2.75) is 58.2 Å². The number of hydrogen-bond donors (Lipinski definition) is 1. The second-order valence-electron chi connectivity index (χ2n) is 6.68. The molecule has 2 aliphatic rings. The molecule has 1 aliphatic heterocycles. The first-order chi connectivity index (χ1) is 10.1. The molecule has 1 aromatic heterocycles. The van der Waals surface area contributed by atoms with Crippen LogP contribution >= 0.6 is 0 Å². The minimum Gasteiger partial charge on any atom is -0.353 e. The molecule has 1 saturated carbocycles. The lowest BCUT2D eigenvalue weighted by atomic mass is 9.99. The average Bonchev–Trinajstić information content (AvgIpc) is 3.08. The van der Waals surface area contributed by atoms with E-state index in [0.29, 0.717) is 12.0 Å². The van der Waals surface area contributed by atoms with E-state index < -0.39 is 0 Å². The first-order valence-corrected chi connectivity index (χ1v) is 8.21. The first-order valence-electron chi connectivity index (χ1n) is 8.21. The molecule has 2 fully saturated rings. The molecule has 0 spiro atoms. The maximum absolute atomic E-state index is 12.1. The molecule has 1 saturated heterocycles. The summed E-state index contributed by atoms with van der Waals surface area (Å²) >= 11 is 0. The van der Waals surface area contributed by atoms with Gasteiger partial charge in [0.05, 0.1) is 17.8 Å². The van der Waals surface area contributed by atoms with Crippen molar-refractivity contribution in [1.29, 1.82) is 0 Å². The third kappa shape index (κ3) is 3.12. The predicted octanol–water partition coefficient (Wildman–Crippen LogP) is 1.95. The van der Waals surface area contributed by atoms with Crippen molar-refractivity contribution in [3.05, 3.63) is 18.0 Å². The van der Waals surface area contributed by atoms with Gasteiger partial charge in [0.15, 0.2) is 0 Å². The van der Waals surface area contributed by atoms with E-state index in [1.807, 2.05) is 0 Å². The van der Waals surface area contributed by atoms with E-state index in [2.05, 4.69) is 41.0 Å². The highest BCUT2D eigenvalue weighted by Gasteiger charge is 2.32. The zero-order chi connectivity index (χ0) is 14.8. The van der Waals surface area contributed by atoms with Crippen molar-refractivity contribution in [3.63, 3.8) is 0 Å². The summed E-state index contributed by atoms with van der Waals surface area (Å²) in [6.07, 6.45) is 7.26. The molecule has 1 atom stereocenters. The monoisotopic (exact) mass is 290 g/mol. The van der Waals surface area contributed by atoms with Crippen molar-refractivity contribution in [2.24, 2.45) is 5.92 Å². The Labute approximate surface area is 126 Å². The van der Waals surface area contributed by atoms with E-state index in [1.54, 1.807) is 0 Å². The van der Waals surface area contributed by atoms with E-state index in [-0.39, 0.29) is 11.9 Å². The minimum absolute atomic E-state index is 0.0321. The van der Waals surface area contributed by atoms with Gasteiger partial charge in [0, 0.05) is 25.8 Å². The number of amides is 1. The van der Waals surface area contributed by atoms with Gasteiger partial charge in [-0.2, -0.15) is 5.10 Å². The molecule has 5 heteroatoms. The molecule has 0 bridgehead atoms. The normalized spacial score (nSPS) is 24.7. The van der Waals surface area contributed by atoms with Crippen LogP contribution in [-0.4, -0.2) is 39.7 Å². The van der Waals surface area contributed by atoms with Gasteiger partial charge < -0.3 is 5.32 Å². The lowest BCUT2D eigenvalue weighted by Gasteiger charge is -2.36. The quantitative estimate of drug-likeness (QED) is 0.922. The Kier molecular flexibility index (Phi) is 4.29. The van der Waals surface area contributed by atoms with Crippen molar-refractivity contribution < 1.29 is 4.79 Å². The number of nitrogens with zero attached hydrogens (tertiary/aromatic N) is 3. The summed E-state index contributed by atoms with van der Waals surface area (Å²) in [5.74, 6) is 0.480. The molecule has 0 unspecified atom stereocenters. The highest BCUT2D eigenvalue weighted by Crippen LogP contribution is 2.29. The molecule has 1 aliphatic carbocycles. The van der Waals surface area contributed by atoms with Crippen LogP contribution in [0.5, 0.6) is 0 Å².